The zero-order valence-electron chi connectivity index (χ0n) is 23.2. The van der Waals surface area contributed by atoms with Crippen molar-refractivity contribution in [2.24, 2.45) is 11.8 Å². The summed E-state index contributed by atoms with van der Waals surface area (Å²) in [6, 6.07) is 3.14. The highest BCUT2D eigenvalue weighted by atomic mass is 15.2. The number of hydrogen-bond acceptors (Lipinski definition) is 4. The van der Waals surface area contributed by atoms with Gasteiger partial charge in [0.15, 0.2) is 0 Å². The molecular weight excluding hydrogens is 440 g/mol. The molecule has 0 radical (unpaired) electrons. The van der Waals surface area contributed by atoms with Crippen molar-refractivity contribution in [1.29, 1.82) is 0 Å². The molecule has 0 N–H and O–H groups in total. The first-order valence-electron chi connectivity index (χ1n) is 15.3. The lowest BCUT2D eigenvalue weighted by atomic mass is 9.68. The highest BCUT2D eigenvalue weighted by Gasteiger charge is 2.49. The maximum Gasteiger partial charge on any atom is 0.0296 e. The summed E-state index contributed by atoms with van der Waals surface area (Å²) in [4.78, 5) is 10.9. The van der Waals surface area contributed by atoms with Gasteiger partial charge >= 0.3 is 0 Å². The first-order valence-corrected chi connectivity index (χ1v) is 15.3. The summed E-state index contributed by atoms with van der Waals surface area (Å²) in [6.45, 7) is 0. The minimum Gasteiger partial charge on any atom is -0.375 e. The van der Waals surface area contributed by atoms with E-state index in [0.717, 1.165) is 24.2 Å². The van der Waals surface area contributed by atoms with Gasteiger partial charge in [-0.25, -0.2) is 0 Å². The Balaban J connectivity index is 1.31. The predicted molar refractivity (Wildman–Crippen MR) is 146 cm³/mol. The first kappa shape index (κ1) is 22.2. The second-order valence-electron chi connectivity index (χ2n) is 13.5. The molecule has 4 heteroatoms. The summed E-state index contributed by atoms with van der Waals surface area (Å²) in [5.41, 5.74) is 14.3. The average molecular weight is 487 g/mol. The van der Waals surface area contributed by atoms with Crippen molar-refractivity contribution in [3.8, 4) is 0 Å². The Bertz CT molecular complexity index is 1120. The van der Waals surface area contributed by atoms with Gasteiger partial charge in [0.25, 0.3) is 0 Å². The second kappa shape index (κ2) is 7.84. The van der Waals surface area contributed by atoms with Gasteiger partial charge in [0.05, 0.1) is 0 Å². The van der Waals surface area contributed by atoms with Crippen LogP contribution in [-0.4, -0.2) is 72.0 Å². The fourth-order valence-electron chi connectivity index (χ4n) is 10.4. The normalized spacial score (nSPS) is 39.7. The molecule has 8 rings (SSSR count). The van der Waals surface area contributed by atoms with Gasteiger partial charge in [-0.1, -0.05) is 0 Å². The van der Waals surface area contributed by atoms with E-state index in [4.69, 9.17) is 0 Å². The van der Waals surface area contributed by atoms with E-state index in [9.17, 15) is 0 Å². The van der Waals surface area contributed by atoms with Crippen molar-refractivity contribution in [2.45, 2.75) is 114 Å². The van der Waals surface area contributed by atoms with Crippen LogP contribution in [0.1, 0.15) is 89.9 Å². The van der Waals surface area contributed by atoms with E-state index in [-0.39, 0.29) is 0 Å². The van der Waals surface area contributed by atoms with Crippen LogP contribution >= 0.6 is 0 Å². The van der Waals surface area contributed by atoms with Crippen LogP contribution in [-0.2, 0) is 0 Å². The standard InChI is InChI=1S/C32H46N4/c1-33-19-5-11-23(27(33)13-7-19)25-17-21-9-16-30(35(21)3)32(25)26-18-22-10-15-29(36(22)4)31(26)24-12-6-20-8-14-28(24)34(20)2/h19-22,25-26H,5-18H2,1-4H3/t19-,20-,21+,22+,25?,26?/m1/s1. The topological polar surface area (TPSA) is 13.0 Å². The highest BCUT2D eigenvalue weighted by molar-refractivity contribution is 5.51. The fraction of sp³-hybridized carbons (Fsp3) is 0.750. The van der Waals surface area contributed by atoms with E-state index in [2.05, 4.69) is 47.8 Å². The Kier molecular flexibility index (Phi) is 4.83. The molecule has 8 aliphatic rings. The van der Waals surface area contributed by atoms with Crippen molar-refractivity contribution in [3.05, 3.63) is 45.1 Å². The van der Waals surface area contributed by atoms with Crippen LogP contribution < -0.4 is 0 Å². The van der Waals surface area contributed by atoms with Crippen LogP contribution in [0.25, 0.3) is 0 Å². The molecular formula is C32H46N4. The summed E-state index contributed by atoms with van der Waals surface area (Å²) in [6.07, 6.45) is 19.0. The Morgan fingerprint density at radius 2 is 0.972 bits per heavy atom. The molecule has 2 unspecified atom stereocenters. The minimum atomic E-state index is 0.649. The summed E-state index contributed by atoms with van der Waals surface area (Å²) in [5, 5.41) is 0. The lowest BCUT2D eigenvalue weighted by Gasteiger charge is -2.47. The molecule has 8 bridgehead atoms. The Morgan fingerprint density at radius 1 is 0.472 bits per heavy atom. The van der Waals surface area contributed by atoms with Crippen LogP contribution in [0.5, 0.6) is 0 Å². The summed E-state index contributed by atoms with van der Waals surface area (Å²) in [5.74, 6) is 1.35. The van der Waals surface area contributed by atoms with Crippen LogP contribution in [0.2, 0.25) is 0 Å². The van der Waals surface area contributed by atoms with Gasteiger partial charge in [-0.2, -0.15) is 0 Å². The molecule has 8 aliphatic heterocycles. The van der Waals surface area contributed by atoms with Crippen LogP contribution in [0.3, 0.4) is 0 Å². The second-order valence-corrected chi connectivity index (χ2v) is 13.5. The first-order chi connectivity index (χ1) is 17.5. The van der Waals surface area contributed by atoms with Gasteiger partial charge in [-0.15, -0.1) is 0 Å². The van der Waals surface area contributed by atoms with Crippen molar-refractivity contribution in [3.63, 3.8) is 0 Å². The predicted octanol–water partition coefficient (Wildman–Crippen LogP) is 6.01. The van der Waals surface area contributed by atoms with Gasteiger partial charge in [-0.3, -0.25) is 0 Å². The van der Waals surface area contributed by atoms with Crippen LogP contribution in [0.15, 0.2) is 45.1 Å². The van der Waals surface area contributed by atoms with Crippen molar-refractivity contribution in [2.75, 3.05) is 28.2 Å². The van der Waals surface area contributed by atoms with Gasteiger partial charge < -0.3 is 19.6 Å². The van der Waals surface area contributed by atoms with Gasteiger partial charge in [-0.05, 0) is 112 Å². The van der Waals surface area contributed by atoms with E-state index in [1.807, 2.05) is 16.7 Å². The highest BCUT2D eigenvalue weighted by Crippen LogP contribution is 2.57. The average Bonchev–Trinajstić information content (AvgIpc) is 3.41. The Labute approximate surface area is 218 Å². The largest absolute Gasteiger partial charge is 0.375 e. The fourth-order valence-corrected chi connectivity index (χ4v) is 10.4. The van der Waals surface area contributed by atoms with E-state index >= 15 is 0 Å². The third-order valence-corrected chi connectivity index (χ3v) is 12.4. The number of rotatable bonds is 3. The van der Waals surface area contributed by atoms with Crippen molar-refractivity contribution >= 4 is 0 Å². The quantitative estimate of drug-likeness (QED) is 0.484. The van der Waals surface area contributed by atoms with Crippen LogP contribution in [0.4, 0.5) is 0 Å². The molecule has 6 atom stereocenters. The minimum absolute atomic E-state index is 0.649. The molecule has 0 aromatic rings. The molecule has 36 heavy (non-hydrogen) atoms. The maximum atomic E-state index is 2.75. The third kappa shape index (κ3) is 2.88. The molecule has 0 spiro atoms. The summed E-state index contributed by atoms with van der Waals surface area (Å²) < 4.78 is 0. The van der Waals surface area contributed by atoms with E-state index in [0.29, 0.717) is 11.8 Å². The Hall–Kier alpha value is -1.84. The van der Waals surface area contributed by atoms with E-state index in [1.54, 1.807) is 28.4 Å². The third-order valence-electron chi connectivity index (χ3n) is 12.4. The molecule has 0 saturated carbocycles. The molecule has 4 nitrogen and oxygen atoms in total. The lowest BCUT2D eigenvalue weighted by molar-refractivity contribution is 0.234. The molecule has 4 fully saturated rings. The molecule has 0 amide bonds. The summed E-state index contributed by atoms with van der Waals surface area (Å²) >= 11 is 0. The molecule has 4 saturated heterocycles. The number of nitrogens with zero attached hydrogens (tertiary/aromatic N) is 4. The van der Waals surface area contributed by atoms with Crippen molar-refractivity contribution in [1.82, 2.24) is 19.6 Å². The van der Waals surface area contributed by atoms with Gasteiger partial charge in [0.2, 0.25) is 0 Å². The van der Waals surface area contributed by atoms with Gasteiger partial charge in [0, 0.05) is 87.0 Å². The Morgan fingerprint density at radius 3 is 1.75 bits per heavy atom. The molecule has 0 aromatic heterocycles. The number of fused-ring (bicyclic) bond motifs is 8. The molecule has 8 heterocycles. The smallest absolute Gasteiger partial charge is 0.0296 e. The zero-order chi connectivity index (χ0) is 24.3. The zero-order valence-corrected chi connectivity index (χ0v) is 23.2. The summed E-state index contributed by atoms with van der Waals surface area (Å²) in [7, 11) is 9.67. The molecule has 0 aliphatic carbocycles. The van der Waals surface area contributed by atoms with E-state index < -0.39 is 0 Å². The maximum absolute atomic E-state index is 2.75. The lowest BCUT2D eigenvalue weighted by Crippen LogP contribution is -2.42. The molecule has 194 valence electrons. The number of allylic oxidation sites excluding steroid dienone is 8. The van der Waals surface area contributed by atoms with Crippen molar-refractivity contribution < 1.29 is 0 Å². The van der Waals surface area contributed by atoms with E-state index in [1.165, 1.54) is 89.9 Å². The monoisotopic (exact) mass is 486 g/mol. The van der Waals surface area contributed by atoms with Gasteiger partial charge in [0.1, 0.15) is 0 Å². The SMILES string of the molecule is CN1C2=C(C3=C4CC[C@@H](CC3C3=C5CC[C@@H](CC3C3=C6CC[C@@H](CC3)N6C)N5C)N4C)CC[C@@H]1CC2. The molecule has 0 aromatic carbocycles. The number of hydrogen-bond donors (Lipinski definition) is 0. The van der Waals surface area contributed by atoms with Crippen LogP contribution in [0, 0.1) is 11.8 Å².